The number of hydrogen-bond donors (Lipinski definition) is 2. The minimum atomic E-state index is -1.08. The zero-order valence-corrected chi connectivity index (χ0v) is 18.2. The number of fused-ring (bicyclic) bond motifs is 1. The third-order valence-corrected chi connectivity index (χ3v) is 5.20. The summed E-state index contributed by atoms with van der Waals surface area (Å²) in [4.78, 5) is 24.3. The van der Waals surface area contributed by atoms with E-state index < -0.39 is 17.9 Å². The molecule has 1 unspecified atom stereocenters. The molecule has 0 aliphatic heterocycles. The van der Waals surface area contributed by atoms with Crippen LogP contribution in [0.1, 0.15) is 36.1 Å². The highest BCUT2D eigenvalue weighted by molar-refractivity contribution is 5.99. The van der Waals surface area contributed by atoms with Crippen LogP contribution < -0.4 is 10.1 Å². The number of ether oxygens (including phenoxy) is 1. The highest BCUT2D eigenvalue weighted by Crippen LogP contribution is 2.37. The van der Waals surface area contributed by atoms with Crippen LogP contribution in [-0.4, -0.2) is 29.6 Å². The maximum atomic E-state index is 12.7. The van der Waals surface area contributed by atoms with Crippen molar-refractivity contribution in [2.75, 3.05) is 6.61 Å². The van der Waals surface area contributed by atoms with Crippen molar-refractivity contribution in [3.63, 3.8) is 0 Å². The molecule has 6 nitrogen and oxygen atoms in total. The first kappa shape index (κ1) is 22.2. The smallest absolute Gasteiger partial charge is 0.326 e. The van der Waals surface area contributed by atoms with Gasteiger partial charge >= 0.3 is 5.97 Å². The topological polar surface area (TPSA) is 88.8 Å². The summed E-state index contributed by atoms with van der Waals surface area (Å²) in [5, 5.41) is 13.1. The fourth-order valence-electron chi connectivity index (χ4n) is 3.60. The summed E-state index contributed by atoms with van der Waals surface area (Å²) >= 11 is 0. The Morgan fingerprint density at radius 3 is 2.58 bits per heavy atom. The lowest BCUT2D eigenvalue weighted by Crippen LogP contribution is -2.41. The molecule has 0 spiro atoms. The number of amides is 1. The van der Waals surface area contributed by atoms with Gasteiger partial charge in [-0.2, -0.15) is 0 Å². The lowest BCUT2D eigenvalue weighted by atomic mass is 9.98. The molecule has 1 amide bonds. The van der Waals surface area contributed by atoms with Crippen LogP contribution >= 0.6 is 0 Å². The largest absolute Gasteiger partial charge is 0.493 e. The Hall–Kier alpha value is -3.54. The van der Waals surface area contributed by atoms with E-state index in [0.717, 1.165) is 33.2 Å². The van der Waals surface area contributed by atoms with Crippen molar-refractivity contribution in [1.29, 1.82) is 0 Å². The zero-order valence-electron chi connectivity index (χ0n) is 18.2. The van der Waals surface area contributed by atoms with Crippen molar-refractivity contribution < 1.29 is 23.8 Å². The number of furan rings is 1. The third-order valence-electron chi connectivity index (χ3n) is 5.20. The molecule has 3 aromatic rings. The summed E-state index contributed by atoms with van der Waals surface area (Å²) in [5.41, 5.74) is 4.91. The number of benzene rings is 2. The van der Waals surface area contributed by atoms with Gasteiger partial charge in [-0.05, 0) is 50.5 Å². The van der Waals surface area contributed by atoms with Crippen LogP contribution in [0.4, 0.5) is 0 Å². The van der Waals surface area contributed by atoms with Gasteiger partial charge < -0.3 is 19.6 Å². The number of carboxylic acids is 1. The van der Waals surface area contributed by atoms with E-state index in [-0.39, 0.29) is 6.42 Å². The molecule has 162 valence electrons. The fourth-order valence-corrected chi connectivity index (χ4v) is 3.60. The number of allylic oxidation sites excluding steroid dienone is 1. The SMILES string of the molecule is CCOc1c(/C(C)=C/C(=O)NC(Cc2ccccc2)C(=O)O)cc2c(C)coc2c1C. The van der Waals surface area contributed by atoms with Gasteiger partial charge in [0.25, 0.3) is 0 Å². The second-order valence-corrected chi connectivity index (χ2v) is 7.52. The van der Waals surface area contributed by atoms with Crippen LogP contribution in [-0.2, 0) is 16.0 Å². The summed E-state index contributed by atoms with van der Waals surface area (Å²) < 4.78 is 11.5. The molecule has 0 saturated heterocycles. The fraction of sp³-hybridized carbons (Fsp3) is 0.280. The summed E-state index contributed by atoms with van der Waals surface area (Å²) in [6.07, 6.45) is 3.32. The molecule has 2 aromatic carbocycles. The van der Waals surface area contributed by atoms with Gasteiger partial charge in [0.15, 0.2) is 0 Å². The molecule has 31 heavy (non-hydrogen) atoms. The van der Waals surface area contributed by atoms with Crippen molar-refractivity contribution in [3.8, 4) is 5.75 Å². The van der Waals surface area contributed by atoms with Crippen molar-refractivity contribution in [2.45, 2.75) is 40.2 Å². The van der Waals surface area contributed by atoms with E-state index in [1.807, 2.05) is 64.1 Å². The Morgan fingerprint density at radius 2 is 1.94 bits per heavy atom. The molecule has 0 aliphatic rings. The maximum Gasteiger partial charge on any atom is 0.326 e. The predicted octanol–water partition coefficient (Wildman–Crippen LogP) is 4.66. The average Bonchev–Trinajstić information content (AvgIpc) is 3.11. The van der Waals surface area contributed by atoms with Crippen LogP contribution in [0, 0.1) is 13.8 Å². The first-order chi connectivity index (χ1) is 14.8. The quantitative estimate of drug-likeness (QED) is 0.516. The van der Waals surface area contributed by atoms with Crippen molar-refractivity contribution in [2.24, 2.45) is 0 Å². The Kier molecular flexibility index (Phi) is 6.80. The molecule has 0 bridgehead atoms. The highest BCUT2D eigenvalue weighted by Gasteiger charge is 2.21. The molecular formula is C25H27NO5. The standard InChI is InChI=1S/C25H27NO5/c1-5-30-23-17(4)24-20(16(3)14-31-24)13-19(23)15(2)11-22(27)26-21(25(28)29)12-18-9-7-6-8-10-18/h6-11,13-14,21H,5,12H2,1-4H3,(H,26,27)(H,28,29)/b15-11+. The number of carboxylic acid groups (broad SMARTS) is 1. The molecule has 0 fully saturated rings. The van der Waals surface area contributed by atoms with Crippen LogP contribution in [0.15, 0.2) is 53.2 Å². The molecule has 3 rings (SSSR count). The molecule has 0 aliphatic carbocycles. The number of carbonyl (C=O) groups is 2. The minimum absolute atomic E-state index is 0.207. The summed E-state index contributed by atoms with van der Waals surface area (Å²) in [7, 11) is 0. The second kappa shape index (κ2) is 9.51. The Labute approximate surface area is 181 Å². The number of aryl methyl sites for hydroxylation is 2. The van der Waals surface area contributed by atoms with Crippen molar-refractivity contribution in [3.05, 3.63) is 71.0 Å². The Balaban J connectivity index is 1.89. The van der Waals surface area contributed by atoms with E-state index in [1.54, 1.807) is 6.26 Å². The molecule has 0 radical (unpaired) electrons. The van der Waals surface area contributed by atoms with Crippen LogP contribution in [0.3, 0.4) is 0 Å². The van der Waals surface area contributed by atoms with E-state index in [2.05, 4.69) is 5.32 Å². The van der Waals surface area contributed by atoms with Gasteiger partial charge in [0.1, 0.15) is 17.4 Å². The zero-order chi connectivity index (χ0) is 22.5. The molecule has 6 heteroatoms. The van der Waals surface area contributed by atoms with Gasteiger partial charge in [-0.15, -0.1) is 0 Å². The Morgan fingerprint density at radius 1 is 1.23 bits per heavy atom. The molecule has 2 N–H and O–H groups in total. The lowest BCUT2D eigenvalue weighted by Gasteiger charge is -2.16. The van der Waals surface area contributed by atoms with E-state index in [0.29, 0.717) is 17.9 Å². The molecule has 1 heterocycles. The van der Waals surface area contributed by atoms with E-state index >= 15 is 0 Å². The van der Waals surface area contributed by atoms with Gasteiger partial charge in [-0.3, -0.25) is 4.79 Å². The van der Waals surface area contributed by atoms with Gasteiger partial charge in [0.2, 0.25) is 5.91 Å². The van der Waals surface area contributed by atoms with Crippen molar-refractivity contribution in [1.82, 2.24) is 5.32 Å². The first-order valence-corrected chi connectivity index (χ1v) is 10.2. The minimum Gasteiger partial charge on any atom is -0.493 e. The molecule has 1 atom stereocenters. The second-order valence-electron chi connectivity index (χ2n) is 7.52. The van der Waals surface area contributed by atoms with E-state index in [9.17, 15) is 14.7 Å². The average molecular weight is 421 g/mol. The van der Waals surface area contributed by atoms with Crippen LogP contribution in [0.2, 0.25) is 0 Å². The van der Waals surface area contributed by atoms with Gasteiger partial charge in [0, 0.05) is 29.0 Å². The molecular weight excluding hydrogens is 394 g/mol. The van der Waals surface area contributed by atoms with Gasteiger partial charge in [-0.25, -0.2) is 4.79 Å². The number of hydrogen-bond acceptors (Lipinski definition) is 4. The summed E-state index contributed by atoms with van der Waals surface area (Å²) in [5.74, 6) is -0.889. The maximum absolute atomic E-state index is 12.7. The lowest BCUT2D eigenvalue weighted by molar-refractivity contribution is -0.141. The predicted molar refractivity (Wildman–Crippen MR) is 120 cm³/mol. The van der Waals surface area contributed by atoms with E-state index in [4.69, 9.17) is 9.15 Å². The van der Waals surface area contributed by atoms with Crippen LogP contribution in [0.5, 0.6) is 5.75 Å². The van der Waals surface area contributed by atoms with E-state index in [1.165, 1.54) is 6.08 Å². The number of nitrogens with one attached hydrogen (secondary N) is 1. The summed E-state index contributed by atoms with van der Waals surface area (Å²) in [6.45, 7) is 8.06. The number of aliphatic carboxylic acids is 1. The number of rotatable bonds is 8. The third kappa shape index (κ3) is 4.97. The first-order valence-electron chi connectivity index (χ1n) is 10.2. The number of carbonyl (C=O) groups excluding carboxylic acids is 1. The molecule has 1 aromatic heterocycles. The van der Waals surface area contributed by atoms with Gasteiger partial charge in [-0.1, -0.05) is 30.3 Å². The monoisotopic (exact) mass is 421 g/mol. The molecule has 0 saturated carbocycles. The highest BCUT2D eigenvalue weighted by atomic mass is 16.5. The summed E-state index contributed by atoms with van der Waals surface area (Å²) in [6, 6.07) is 10.1. The Bertz CT molecular complexity index is 1130. The van der Waals surface area contributed by atoms with Crippen molar-refractivity contribution >= 4 is 28.4 Å². The normalized spacial score (nSPS) is 12.6. The van der Waals surface area contributed by atoms with Gasteiger partial charge in [0.05, 0.1) is 12.9 Å². The van der Waals surface area contributed by atoms with Crippen LogP contribution in [0.25, 0.3) is 16.5 Å².